The lowest BCUT2D eigenvalue weighted by molar-refractivity contribution is -0.148. The zero-order valence-electron chi connectivity index (χ0n) is 12.0. The molecule has 0 spiro atoms. The first-order chi connectivity index (χ1) is 8.65. The number of carbonyl (C=O) groups excluding carboxylic acids is 2. The summed E-state index contributed by atoms with van der Waals surface area (Å²) in [7, 11) is 0. The van der Waals surface area contributed by atoms with E-state index in [0.29, 0.717) is 19.6 Å². The van der Waals surface area contributed by atoms with Gasteiger partial charge in [-0.1, -0.05) is 32.6 Å². The summed E-state index contributed by atoms with van der Waals surface area (Å²) in [5, 5.41) is 0. The summed E-state index contributed by atoms with van der Waals surface area (Å²) in [6, 6.07) is 0. The summed E-state index contributed by atoms with van der Waals surface area (Å²) in [5.41, 5.74) is 0. The maximum Gasteiger partial charge on any atom is 0.325 e. The Morgan fingerprint density at radius 1 is 1.00 bits per heavy atom. The zero-order valence-corrected chi connectivity index (χ0v) is 12.0. The number of nitrogens with zero attached hydrogens (tertiary/aromatic N) is 1. The first-order valence-corrected chi connectivity index (χ1v) is 7.09. The van der Waals surface area contributed by atoms with E-state index in [1.807, 2.05) is 6.92 Å². The Labute approximate surface area is 111 Å². The predicted molar refractivity (Wildman–Crippen MR) is 72.3 cm³/mol. The van der Waals surface area contributed by atoms with Crippen molar-refractivity contribution < 1.29 is 14.3 Å². The van der Waals surface area contributed by atoms with Gasteiger partial charge in [0.15, 0.2) is 0 Å². The van der Waals surface area contributed by atoms with Crippen LogP contribution in [0.25, 0.3) is 0 Å². The standard InChI is InChI=1S/C14H27NO3/c1-4-7-8-9-10-11-13(16)15(5-2)12-14(17)18-6-3/h4-12H2,1-3H3. The lowest BCUT2D eigenvalue weighted by Gasteiger charge is -2.19. The molecule has 106 valence electrons. The Hall–Kier alpha value is -1.06. The quantitative estimate of drug-likeness (QED) is 0.446. The van der Waals surface area contributed by atoms with Crippen LogP contribution in [-0.2, 0) is 14.3 Å². The molecule has 1 amide bonds. The average Bonchev–Trinajstić information content (AvgIpc) is 2.35. The molecule has 18 heavy (non-hydrogen) atoms. The van der Waals surface area contributed by atoms with Crippen LogP contribution in [0, 0.1) is 0 Å². The van der Waals surface area contributed by atoms with Gasteiger partial charge in [-0.2, -0.15) is 0 Å². The summed E-state index contributed by atoms with van der Waals surface area (Å²) >= 11 is 0. The van der Waals surface area contributed by atoms with E-state index in [4.69, 9.17) is 4.74 Å². The second-order valence-corrected chi connectivity index (χ2v) is 4.38. The summed E-state index contributed by atoms with van der Waals surface area (Å²) in [6.45, 7) is 6.83. The van der Waals surface area contributed by atoms with E-state index in [2.05, 4.69) is 6.92 Å². The molecular weight excluding hydrogens is 230 g/mol. The number of hydrogen-bond donors (Lipinski definition) is 0. The van der Waals surface area contributed by atoms with Crippen LogP contribution in [0.15, 0.2) is 0 Å². The lowest BCUT2D eigenvalue weighted by atomic mass is 10.1. The minimum atomic E-state index is -0.321. The van der Waals surface area contributed by atoms with Crippen molar-refractivity contribution in [3.63, 3.8) is 0 Å². The van der Waals surface area contributed by atoms with Crippen molar-refractivity contribution in [3.8, 4) is 0 Å². The van der Waals surface area contributed by atoms with Gasteiger partial charge >= 0.3 is 5.97 Å². The van der Waals surface area contributed by atoms with E-state index >= 15 is 0 Å². The maximum atomic E-state index is 11.9. The van der Waals surface area contributed by atoms with Crippen LogP contribution in [-0.4, -0.2) is 36.5 Å². The van der Waals surface area contributed by atoms with Crippen molar-refractivity contribution in [1.29, 1.82) is 0 Å². The van der Waals surface area contributed by atoms with Gasteiger partial charge in [-0.25, -0.2) is 0 Å². The van der Waals surface area contributed by atoms with Crippen LogP contribution in [0.2, 0.25) is 0 Å². The number of amides is 1. The monoisotopic (exact) mass is 257 g/mol. The molecule has 0 bridgehead atoms. The van der Waals surface area contributed by atoms with Crippen LogP contribution in [0.4, 0.5) is 0 Å². The Bertz CT molecular complexity index is 241. The van der Waals surface area contributed by atoms with Crippen molar-refractivity contribution in [2.75, 3.05) is 19.7 Å². The van der Waals surface area contributed by atoms with Crippen molar-refractivity contribution in [2.24, 2.45) is 0 Å². The molecule has 0 aromatic carbocycles. The number of unbranched alkanes of at least 4 members (excludes halogenated alkanes) is 4. The molecule has 4 nitrogen and oxygen atoms in total. The van der Waals surface area contributed by atoms with Crippen molar-refractivity contribution >= 4 is 11.9 Å². The number of ether oxygens (including phenoxy) is 1. The average molecular weight is 257 g/mol. The first-order valence-electron chi connectivity index (χ1n) is 7.09. The molecule has 0 saturated heterocycles. The molecule has 0 fully saturated rings. The summed E-state index contributed by atoms with van der Waals surface area (Å²) in [5.74, 6) is -0.263. The summed E-state index contributed by atoms with van der Waals surface area (Å²) in [6.07, 6.45) is 6.17. The predicted octanol–water partition coefficient (Wildman–Crippen LogP) is 2.76. The maximum absolute atomic E-state index is 11.9. The van der Waals surface area contributed by atoms with E-state index in [0.717, 1.165) is 12.8 Å². The Balaban J connectivity index is 3.85. The van der Waals surface area contributed by atoms with Crippen molar-refractivity contribution in [2.45, 2.75) is 59.3 Å². The normalized spacial score (nSPS) is 10.2. The molecule has 0 rings (SSSR count). The summed E-state index contributed by atoms with van der Waals surface area (Å²) in [4.78, 5) is 24.7. The number of rotatable bonds is 10. The smallest absolute Gasteiger partial charge is 0.325 e. The molecule has 0 unspecified atom stereocenters. The van der Waals surface area contributed by atoms with Crippen molar-refractivity contribution in [1.82, 2.24) is 4.90 Å². The molecule has 0 atom stereocenters. The van der Waals surface area contributed by atoms with Crippen LogP contribution in [0.1, 0.15) is 59.3 Å². The fourth-order valence-corrected chi connectivity index (χ4v) is 1.78. The highest BCUT2D eigenvalue weighted by Gasteiger charge is 2.15. The van der Waals surface area contributed by atoms with Crippen LogP contribution < -0.4 is 0 Å². The van der Waals surface area contributed by atoms with Gasteiger partial charge in [0.2, 0.25) is 5.91 Å². The number of esters is 1. The van der Waals surface area contributed by atoms with Gasteiger partial charge in [-0.3, -0.25) is 9.59 Å². The SMILES string of the molecule is CCCCCCCC(=O)N(CC)CC(=O)OCC. The summed E-state index contributed by atoms with van der Waals surface area (Å²) < 4.78 is 4.85. The van der Waals surface area contributed by atoms with Gasteiger partial charge in [-0.15, -0.1) is 0 Å². The zero-order chi connectivity index (χ0) is 13.8. The Kier molecular flexibility index (Phi) is 10.4. The minimum absolute atomic E-state index is 0.0575. The highest BCUT2D eigenvalue weighted by atomic mass is 16.5. The third-order valence-electron chi connectivity index (χ3n) is 2.85. The number of hydrogen-bond acceptors (Lipinski definition) is 3. The molecule has 0 saturated carbocycles. The molecule has 0 aliphatic heterocycles. The minimum Gasteiger partial charge on any atom is -0.465 e. The molecule has 0 aliphatic carbocycles. The number of carbonyl (C=O) groups is 2. The molecule has 0 radical (unpaired) electrons. The lowest BCUT2D eigenvalue weighted by Crippen LogP contribution is -2.36. The highest BCUT2D eigenvalue weighted by molar-refractivity contribution is 5.82. The highest BCUT2D eigenvalue weighted by Crippen LogP contribution is 2.07. The van der Waals surface area contributed by atoms with E-state index in [1.54, 1.807) is 11.8 Å². The van der Waals surface area contributed by atoms with Gasteiger partial charge < -0.3 is 9.64 Å². The van der Waals surface area contributed by atoms with E-state index in [-0.39, 0.29) is 18.4 Å². The fourth-order valence-electron chi connectivity index (χ4n) is 1.78. The Morgan fingerprint density at radius 2 is 1.67 bits per heavy atom. The third-order valence-corrected chi connectivity index (χ3v) is 2.85. The molecule has 0 N–H and O–H groups in total. The van der Waals surface area contributed by atoms with Crippen molar-refractivity contribution in [3.05, 3.63) is 0 Å². The molecule has 4 heteroatoms. The van der Waals surface area contributed by atoms with Crippen LogP contribution in [0.3, 0.4) is 0 Å². The fraction of sp³-hybridized carbons (Fsp3) is 0.857. The van der Waals surface area contributed by atoms with Crippen LogP contribution >= 0.6 is 0 Å². The van der Waals surface area contributed by atoms with Crippen LogP contribution in [0.5, 0.6) is 0 Å². The van der Waals surface area contributed by atoms with Gasteiger partial charge in [0, 0.05) is 13.0 Å². The Morgan fingerprint density at radius 3 is 2.22 bits per heavy atom. The van der Waals surface area contributed by atoms with Gasteiger partial charge in [0.05, 0.1) is 6.61 Å². The van der Waals surface area contributed by atoms with Gasteiger partial charge in [0.25, 0.3) is 0 Å². The van der Waals surface area contributed by atoms with E-state index in [9.17, 15) is 9.59 Å². The van der Waals surface area contributed by atoms with E-state index < -0.39 is 0 Å². The molecule has 0 aliphatic rings. The second kappa shape index (κ2) is 11.1. The molecule has 0 aromatic heterocycles. The third kappa shape index (κ3) is 8.09. The molecule has 0 heterocycles. The topological polar surface area (TPSA) is 46.6 Å². The second-order valence-electron chi connectivity index (χ2n) is 4.38. The molecular formula is C14H27NO3. The van der Waals surface area contributed by atoms with Gasteiger partial charge in [-0.05, 0) is 20.3 Å². The number of likely N-dealkylation sites (N-methyl/N-ethyl adjacent to an activating group) is 1. The largest absolute Gasteiger partial charge is 0.465 e. The molecule has 0 aromatic rings. The van der Waals surface area contributed by atoms with E-state index in [1.165, 1.54) is 19.3 Å². The van der Waals surface area contributed by atoms with Gasteiger partial charge in [0.1, 0.15) is 6.54 Å². The first kappa shape index (κ1) is 16.9.